The minimum Gasteiger partial charge on any atom is -0.256 e. The van der Waals surface area contributed by atoms with Crippen molar-refractivity contribution in [1.82, 2.24) is 29.5 Å². The first-order chi connectivity index (χ1) is 12.0. The molecule has 0 aliphatic heterocycles. The zero-order valence-electron chi connectivity index (χ0n) is 14.9. The van der Waals surface area contributed by atoms with Crippen LogP contribution in [0.4, 0.5) is 0 Å². The molecule has 0 aliphatic rings. The van der Waals surface area contributed by atoms with Gasteiger partial charge in [-0.3, -0.25) is 9.97 Å². The highest BCUT2D eigenvalue weighted by molar-refractivity contribution is 5.78. The van der Waals surface area contributed by atoms with E-state index in [-0.39, 0.29) is 0 Å². The minimum atomic E-state index is 0.728. The first kappa shape index (κ1) is 15.6. The number of rotatable bonds is 3. The average molecular weight is 332 g/mol. The van der Waals surface area contributed by atoms with Gasteiger partial charge in [-0.25, -0.2) is 14.5 Å². The first-order valence-corrected chi connectivity index (χ1v) is 8.42. The van der Waals surface area contributed by atoms with Crippen molar-refractivity contribution in [2.45, 2.75) is 40.5 Å². The number of hydrogen-bond acceptors (Lipinski definition) is 5. The minimum absolute atomic E-state index is 0.728. The van der Waals surface area contributed by atoms with Crippen LogP contribution in [0.2, 0.25) is 0 Å². The van der Waals surface area contributed by atoms with Crippen molar-refractivity contribution in [1.29, 1.82) is 0 Å². The van der Waals surface area contributed by atoms with Crippen LogP contribution in [0.3, 0.4) is 0 Å². The molecule has 0 bridgehead atoms. The van der Waals surface area contributed by atoms with Crippen molar-refractivity contribution < 1.29 is 0 Å². The Morgan fingerprint density at radius 3 is 2.56 bits per heavy atom. The Morgan fingerprint density at radius 2 is 1.76 bits per heavy atom. The number of aromatic nitrogens is 6. The molecule has 1 aromatic carbocycles. The fourth-order valence-electron chi connectivity index (χ4n) is 2.97. The number of hydrogen-bond donors (Lipinski definition) is 0. The van der Waals surface area contributed by atoms with Crippen LogP contribution in [0, 0.1) is 27.7 Å². The molecule has 6 heteroatoms. The van der Waals surface area contributed by atoms with E-state index in [4.69, 9.17) is 4.98 Å². The van der Waals surface area contributed by atoms with Crippen LogP contribution in [0.5, 0.6) is 0 Å². The summed E-state index contributed by atoms with van der Waals surface area (Å²) >= 11 is 0. The van der Waals surface area contributed by atoms with Gasteiger partial charge in [-0.1, -0.05) is 6.07 Å². The van der Waals surface area contributed by atoms with E-state index >= 15 is 0 Å². The average Bonchev–Trinajstić information content (AvgIpc) is 3.05. The second kappa shape index (κ2) is 5.88. The zero-order valence-corrected chi connectivity index (χ0v) is 14.9. The Morgan fingerprint density at radius 1 is 0.920 bits per heavy atom. The van der Waals surface area contributed by atoms with Gasteiger partial charge in [0.05, 0.1) is 28.1 Å². The van der Waals surface area contributed by atoms with E-state index in [1.807, 2.05) is 36.8 Å². The zero-order chi connectivity index (χ0) is 17.6. The highest BCUT2D eigenvalue weighted by Gasteiger charge is 2.10. The Labute approximate surface area is 146 Å². The predicted octanol–water partition coefficient (Wildman–Crippen LogP) is 3.09. The molecule has 4 rings (SSSR count). The third-order valence-electron chi connectivity index (χ3n) is 4.65. The van der Waals surface area contributed by atoms with Gasteiger partial charge in [0.1, 0.15) is 0 Å². The molecule has 0 amide bonds. The molecule has 0 radical (unpaired) electrons. The maximum Gasteiger partial charge on any atom is 0.177 e. The lowest BCUT2D eigenvalue weighted by Crippen LogP contribution is -2.00. The maximum absolute atomic E-state index is 4.74. The molecule has 3 aromatic heterocycles. The molecule has 4 aromatic rings. The van der Waals surface area contributed by atoms with Gasteiger partial charge in [-0.05, 0) is 51.3 Å². The van der Waals surface area contributed by atoms with Crippen LogP contribution in [-0.4, -0.2) is 29.5 Å². The van der Waals surface area contributed by atoms with Crippen LogP contribution in [-0.2, 0) is 12.8 Å². The summed E-state index contributed by atoms with van der Waals surface area (Å²) in [5.41, 5.74) is 8.01. The standard InChI is InChI=1S/C19H20N6/c1-11-5-7-16-18(13(11)3)21-10-15(22-16)6-8-17-23-19-14(4)20-9-12(2)25(19)24-17/h5,7,9-10H,6,8H2,1-4H3. The lowest BCUT2D eigenvalue weighted by atomic mass is 10.1. The number of fused-ring (bicyclic) bond motifs is 2. The monoisotopic (exact) mass is 332 g/mol. The Hall–Kier alpha value is -2.89. The molecule has 6 nitrogen and oxygen atoms in total. The third kappa shape index (κ3) is 2.73. The molecule has 0 unspecified atom stereocenters. The Balaban J connectivity index is 1.61. The van der Waals surface area contributed by atoms with Gasteiger partial charge < -0.3 is 0 Å². The summed E-state index contributed by atoms with van der Waals surface area (Å²) in [6.07, 6.45) is 5.17. The molecule has 25 heavy (non-hydrogen) atoms. The van der Waals surface area contributed by atoms with Crippen molar-refractivity contribution in [2.75, 3.05) is 0 Å². The largest absolute Gasteiger partial charge is 0.256 e. The highest BCUT2D eigenvalue weighted by atomic mass is 15.3. The molecule has 0 atom stereocenters. The van der Waals surface area contributed by atoms with Crippen LogP contribution >= 0.6 is 0 Å². The molecule has 0 aliphatic carbocycles. The van der Waals surface area contributed by atoms with Crippen LogP contribution in [0.1, 0.15) is 34.0 Å². The summed E-state index contributed by atoms with van der Waals surface area (Å²) in [6, 6.07) is 4.13. The van der Waals surface area contributed by atoms with Crippen molar-refractivity contribution in [2.24, 2.45) is 0 Å². The van der Waals surface area contributed by atoms with Gasteiger partial charge in [-0.15, -0.1) is 0 Å². The third-order valence-corrected chi connectivity index (χ3v) is 4.65. The van der Waals surface area contributed by atoms with E-state index in [1.165, 1.54) is 11.1 Å². The second-order valence-electron chi connectivity index (χ2n) is 6.48. The summed E-state index contributed by atoms with van der Waals surface area (Å²) in [5, 5.41) is 4.59. The van der Waals surface area contributed by atoms with Crippen LogP contribution in [0.25, 0.3) is 16.7 Å². The lowest BCUT2D eigenvalue weighted by molar-refractivity contribution is 0.805. The van der Waals surface area contributed by atoms with Crippen molar-refractivity contribution in [3.63, 3.8) is 0 Å². The quantitative estimate of drug-likeness (QED) is 0.577. The van der Waals surface area contributed by atoms with Crippen molar-refractivity contribution >= 4 is 16.7 Å². The van der Waals surface area contributed by atoms with Gasteiger partial charge >= 0.3 is 0 Å². The molecule has 0 saturated carbocycles. The molecule has 0 spiro atoms. The molecule has 3 heterocycles. The number of aryl methyl sites for hydroxylation is 6. The van der Waals surface area contributed by atoms with Gasteiger partial charge in [-0.2, -0.15) is 5.10 Å². The van der Waals surface area contributed by atoms with Crippen molar-refractivity contribution in [3.8, 4) is 0 Å². The first-order valence-electron chi connectivity index (χ1n) is 8.42. The highest BCUT2D eigenvalue weighted by Crippen LogP contribution is 2.18. The van der Waals surface area contributed by atoms with Gasteiger partial charge in [0.15, 0.2) is 11.5 Å². The van der Waals surface area contributed by atoms with E-state index < -0.39 is 0 Å². The number of nitrogens with zero attached hydrogens (tertiary/aromatic N) is 6. The van der Waals surface area contributed by atoms with E-state index in [2.05, 4.69) is 40.0 Å². The number of benzene rings is 1. The topological polar surface area (TPSA) is 68.9 Å². The fourth-order valence-corrected chi connectivity index (χ4v) is 2.97. The summed E-state index contributed by atoms with van der Waals surface area (Å²) in [4.78, 5) is 18.3. The molecule has 0 fully saturated rings. The molecule has 126 valence electrons. The summed E-state index contributed by atoms with van der Waals surface area (Å²) < 4.78 is 1.86. The molecular weight excluding hydrogens is 312 g/mol. The molecule has 0 saturated heterocycles. The lowest BCUT2D eigenvalue weighted by Gasteiger charge is -2.05. The smallest absolute Gasteiger partial charge is 0.177 e. The van der Waals surface area contributed by atoms with E-state index in [0.29, 0.717) is 0 Å². The van der Waals surface area contributed by atoms with Gasteiger partial charge in [0.25, 0.3) is 0 Å². The summed E-state index contributed by atoms with van der Waals surface area (Å²) in [7, 11) is 0. The molecular formula is C19H20N6. The summed E-state index contributed by atoms with van der Waals surface area (Å²) in [5.74, 6) is 0.807. The van der Waals surface area contributed by atoms with Gasteiger partial charge in [0, 0.05) is 18.8 Å². The Bertz CT molecular complexity index is 1060. The molecule has 0 N–H and O–H groups in total. The van der Waals surface area contributed by atoms with Crippen LogP contribution in [0.15, 0.2) is 24.5 Å². The van der Waals surface area contributed by atoms with Crippen LogP contribution < -0.4 is 0 Å². The van der Waals surface area contributed by atoms with Gasteiger partial charge in [0.2, 0.25) is 0 Å². The SMILES string of the molecule is Cc1ccc2nc(CCc3nc4c(C)ncc(C)n4n3)cnc2c1C. The van der Waals surface area contributed by atoms with E-state index in [9.17, 15) is 0 Å². The van der Waals surface area contributed by atoms with Crippen molar-refractivity contribution in [3.05, 3.63) is 58.6 Å². The summed E-state index contributed by atoms with van der Waals surface area (Å²) in [6.45, 7) is 8.12. The fraction of sp³-hybridized carbons (Fsp3) is 0.316. The van der Waals surface area contributed by atoms with E-state index in [1.54, 1.807) is 0 Å². The second-order valence-corrected chi connectivity index (χ2v) is 6.48. The normalized spacial score (nSPS) is 11.5. The Kier molecular flexibility index (Phi) is 3.67. The predicted molar refractivity (Wildman–Crippen MR) is 96.7 cm³/mol. The maximum atomic E-state index is 4.74. The van der Waals surface area contributed by atoms with E-state index in [0.717, 1.165) is 52.4 Å².